The molecule has 1 aliphatic heterocycles. The SMILES string of the molecule is CC(=O)C1CC(C(=O)N[C@@H](CCN2CCC(NC(=O)Cc3ccc(F)cc3)CC2)c2ccccc2)C1. The molecule has 2 aromatic rings. The van der Waals surface area contributed by atoms with Crippen LogP contribution in [0, 0.1) is 17.7 Å². The average molecular weight is 494 g/mol. The van der Waals surface area contributed by atoms with Gasteiger partial charge in [-0.3, -0.25) is 14.4 Å². The van der Waals surface area contributed by atoms with Crippen LogP contribution in [0.2, 0.25) is 0 Å². The molecular weight excluding hydrogens is 457 g/mol. The second kappa shape index (κ2) is 12.3. The lowest BCUT2D eigenvalue weighted by Crippen LogP contribution is -2.46. The number of ketones is 1. The summed E-state index contributed by atoms with van der Waals surface area (Å²) in [5, 5.41) is 6.35. The smallest absolute Gasteiger partial charge is 0.224 e. The van der Waals surface area contributed by atoms with Crippen LogP contribution in [0.1, 0.15) is 56.2 Å². The van der Waals surface area contributed by atoms with Crippen molar-refractivity contribution in [3.05, 3.63) is 71.5 Å². The predicted octanol–water partition coefficient (Wildman–Crippen LogP) is 3.81. The minimum Gasteiger partial charge on any atom is -0.353 e. The van der Waals surface area contributed by atoms with Gasteiger partial charge in [-0.05, 0) is 62.3 Å². The number of hydrogen-bond donors (Lipinski definition) is 2. The van der Waals surface area contributed by atoms with Crippen LogP contribution in [0.25, 0.3) is 0 Å². The predicted molar refractivity (Wildman–Crippen MR) is 137 cm³/mol. The summed E-state index contributed by atoms with van der Waals surface area (Å²) in [6, 6.07) is 16.2. The molecule has 6 nitrogen and oxygen atoms in total. The maximum Gasteiger partial charge on any atom is 0.224 e. The third-order valence-electron chi connectivity index (χ3n) is 7.57. The summed E-state index contributed by atoms with van der Waals surface area (Å²) in [5.41, 5.74) is 1.90. The van der Waals surface area contributed by atoms with Gasteiger partial charge in [-0.15, -0.1) is 0 Å². The summed E-state index contributed by atoms with van der Waals surface area (Å²) in [6.07, 6.45) is 4.14. The second-order valence-corrected chi connectivity index (χ2v) is 10.2. The number of nitrogens with zero attached hydrogens (tertiary/aromatic N) is 1. The van der Waals surface area contributed by atoms with Gasteiger partial charge in [0, 0.05) is 37.5 Å². The van der Waals surface area contributed by atoms with Crippen molar-refractivity contribution in [2.24, 2.45) is 11.8 Å². The van der Waals surface area contributed by atoms with Gasteiger partial charge in [0.15, 0.2) is 0 Å². The van der Waals surface area contributed by atoms with E-state index in [1.807, 2.05) is 30.3 Å². The monoisotopic (exact) mass is 493 g/mol. The first kappa shape index (κ1) is 26.0. The van der Waals surface area contributed by atoms with Crippen molar-refractivity contribution in [1.82, 2.24) is 15.5 Å². The summed E-state index contributed by atoms with van der Waals surface area (Å²) in [5.74, 6) is -0.148. The van der Waals surface area contributed by atoms with E-state index in [-0.39, 0.29) is 53.8 Å². The van der Waals surface area contributed by atoms with Crippen molar-refractivity contribution in [1.29, 1.82) is 0 Å². The maximum absolute atomic E-state index is 13.1. The molecule has 2 amide bonds. The maximum atomic E-state index is 13.1. The van der Waals surface area contributed by atoms with Gasteiger partial charge in [-0.1, -0.05) is 42.5 Å². The summed E-state index contributed by atoms with van der Waals surface area (Å²) in [7, 11) is 0. The fourth-order valence-electron chi connectivity index (χ4n) is 5.14. The first-order valence-electron chi connectivity index (χ1n) is 13.0. The minimum atomic E-state index is -0.301. The molecule has 2 aromatic carbocycles. The van der Waals surface area contributed by atoms with Gasteiger partial charge in [0.2, 0.25) is 11.8 Å². The van der Waals surface area contributed by atoms with Gasteiger partial charge >= 0.3 is 0 Å². The van der Waals surface area contributed by atoms with Crippen LogP contribution in [0.4, 0.5) is 4.39 Å². The summed E-state index contributed by atoms with van der Waals surface area (Å²) in [6.45, 7) is 4.24. The van der Waals surface area contributed by atoms with Crippen LogP contribution in [-0.2, 0) is 20.8 Å². The van der Waals surface area contributed by atoms with Crippen molar-refractivity contribution in [2.75, 3.05) is 19.6 Å². The Labute approximate surface area is 212 Å². The first-order chi connectivity index (χ1) is 17.4. The van der Waals surface area contributed by atoms with Crippen molar-refractivity contribution in [3.8, 4) is 0 Å². The van der Waals surface area contributed by atoms with E-state index in [9.17, 15) is 18.8 Å². The Bertz CT molecular complexity index is 1030. The Morgan fingerprint density at radius 2 is 1.64 bits per heavy atom. The Balaban J connectivity index is 1.22. The quantitative estimate of drug-likeness (QED) is 0.528. The number of carbonyl (C=O) groups is 3. The van der Waals surface area contributed by atoms with Gasteiger partial charge in [-0.25, -0.2) is 4.39 Å². The standard InChI is InChI=1S/C29H36FN3O3/c1-20(34)23-18-24(19-23)29(36)32-27(22-5-3-2-4-6-22)13-16-33-14-11-26(12-15-33)31-28(35)17-21-7-9-25(30)10-8-21/h2-10,23-24,26-27H,11-19H2,1H3,(H,31,35)(H,32,36)/t23?,24?,27-/m0/s1. The molecule has 36 heavy (non-hydrogen) atoms. The van der Waals surface area contributed by atoms with Gasteiger partial charge in [0.05, 0.1) is 12.5 Å². The zero-order valence-corrected chi connectivity index (χ0v) is 20.9. The van der Waals surface area contributed by atoms with Crippen LogP contribution in [-0.4, -0.2) is 48.2 Å². The van der Waals surface area contributed by atoms with E-state index in [0.29, 0.717) is 12.8 Å². The first-order valence-corrected chi connectivity index (χ1v) is 13.0. The number of Topliss-reactive ketones (excluding diaryl/α,β-unsaturated/α-hetero) is 1. The molecule has 0 aromatic heterocycles. The number of carbonyl (C=O) groups excluding carboxylic acids is 3. The zero-order chi connectivity index (χ0) is 25.5. The Morgan fingerprint density at radius 1 is 0.972 bits per heavy atom. The highest BCUT2D eigenvalue weighted by Crippen LogP contribution is 2.35. The third kappa shape index (κ3) is 7.23. The van der Waals surface area contributed by atoms with Gasteiger partial charge < -0.3 is 15.5 Å². The van der Waals surface area contributed by atoms with E-state index in [2.05, 4.69) is 15.5 Å². The van der Waals surface area contributed by atoms with E-state index < -0.39 is 0 Å². The number of nitrogens with one attached hydrogen (secondary N) is 2. The lowest BCUT2D eigenvalue weighted by atomic mass is 9.72. The fourth-order valence-corrected chi connectivity index (χ4v) is 5.14. The number of hydrogen-bond acceptors (Lipinski definition) is 4. The van der Waals surface area contributed by atoms with Gasteiger partial charge in [0.1, 0.15) is 11.6 Å². The highest BCUT2D eigenvalue weighted by atomic mass is 19.1. The number of piperidine rings is 1. The minimum absolute atomic E-state index is 0.0325. The molecule has 0 radical (unpaired) electrons. The van der Waals surface area contributed by atoms with E-state index in [0.717, 1.165) is 50.0 Å². The summed E-state index contributed by atoms with van der Waals surface area (Å²) >= 11 is 0. The molecule has 0 bridgehead atoms. The summed E-state index contributed by atoms with van der Waals surface area (Å²) in [4.78, 5) is 39.1. The molecule has 2 fully saturated rings. The normalized spacial score (nSPS) is 21.3. The van der Waals surface area contributed by atoms with Crippen molar-refractivity contribution in [3.63, 3.8) is 0 Å². The van der Waals surface area contributed by atoms with Gasteiger partial charge in [-0.2, -0.15) is 0 Å². The highest BCUT2D eigenvalue weighted by molar-refractivity contribution is 5.85. The number of likely N-dealkylation sites (tertiary alicyclic amines) is 1. The molecule has 1 aliphatic carbocycles. The molecule has 2 aliphatic rings. The second-order valence-electron chi connectivity index (χ2n) is 10.2. The molecule has 1 atom stereocenters. The van der Waals surface area contributed by atoms with E-state index in [4.69, 9.17) is 0 Å². The highest BCUT2D eigenvalue weighted by Gasteiger charge is 2.37. The van der Waals surface area contributed by atoms with Crippen molar-refractivity contribution in [2.45, 2.75) is 57.5 Å². The molecule has 2 N–H and O–H groups in total. The summed E-state index contributed by atoms with van der Waals surface area (Å²) < 4.78 is 13.1. The lowest BCUT2D eigenvalue weighted by Gasteiger charge is -2.35. The molecule has 4 rings (SSSR count). The number of halogens is 1. The van der Waals surface area contributed by atoms with Crippen LogP contribution >= 0.6 is 0 Å². The number of benzene rings is 2. The van der Waals surface area contributed by atoms with E-state index >= 15 is 0 Å². The van der Waals surface area contributed by atoms with Crippen LogP contribution in [0.15, 0.2) is 54.6 Å². The van der Waals surface area contributed by atoms with Crippen LogP contribution in [0.5, 0.6) is 0 Å². The fraction of sp³-hybridized carbons (Fsp3) is 0.483. The molecular formula is C29H36FN3O3. The Hall–Kier alpha value is -3.06. The third-order valence-corrected chi connectivity index (χ3v) is 7.57. The van der Waals surface area contributed by atoms with E-state index in [1.54, 1.807) is 19.1 Å². The molecule has 7 heteroatoms. The van der Waals surface area contributed by atoms with E-state index in [1.165, 1.54) is 12.1 Å². The number of rotatable bonds is 10. The average Bonchev–Trinajstić information content (AvgIpc) is 2.83. The largest absolute Gasteiger partial charge is 0.353 e. The molecule has 1 saturated heterocycles. The Kier molecular flexibility index (Phi) is 8.86. The van der Waals surface area contributed by atoms with Crippen LogP contribution < -0.4 is 10.6 Å². The van der Waals surface area contributed by atoms with Crippen molar-refractivity contribution < 1.29 is 18.8 Å². The number of amides is 2. The molecule has 1 heterocycles. The molecule has 0 spiro atoms. The Morgan fingerprint density at radius 3 is 2.28 bits per heavy atom. The molecule has 192 valence electrons. The van der Waals surface area contributed by atoms with Crippen molar-refractivity contribution >= 4 is 17.6 Å². The zero-order valence-electron chi connectivity index (χ0n) is 20.9. The topological polar surface area (TPSA) is 78.5 Å². The van der Waals surface area contributed by atoms with Gasteiger partial charge in [0.25, 0.3) is 0 Å². The van der Waals surface area contributed by atoms with Crippen LogP contribution in [0.3, 0.4) is 0 Å². The molecule has 0 unspecified atom stereocenters. The molecule has 1 saturated carbocycles. The lowest BCUT2D eigenvalue weighted by molar-refractivity contribution is -0.134.